The first kappa shape index (κ1) is 21.0. The molecule has 8 nitrogen and oxygen atoms in total. The molecule has 1 aliphatic rings. The summed E-state index contributed by atoms with van der Waals surface area (Å²) in [6, 6.07) is 14.6. The SMILES string of the molecule is CCNC(=O)c1ccc(-n2nnc(C(=O)NC3CC3)c2COc2ccc(Br)cc2)cc1. The lowest BCUT2D eigenvalue weighted by molar-refractivity contribution is 0.0939. The molecular formula is C22H22BrN5O3. The van der Waals surface area contributed by atoms with Crippen LogP contribution in [0.2, 0.25) is 0 Å². The molecule has 1 saturated carbocycles. The number of nitrogens with zero attached hydrogens (tertiary/aromatic N) is 3. The molecule has 0 atom stereocenters. The Balaban J connectivity index is 1.61. The number of aromatic nitrogens is 3. The van der Waals surface area contributed by atoms with Crippen LogP contribution >= 0.6 is 15.9 Å². The van der Waals surface area contributed by atoms with Crippen LogP contribution in [0.3, 0.4) is 0 Å². The molecule has 1 aromatic heterocycles. The largest absolute Gasteiger partial charge is 0.487 e. The number of rotatable bonds is 8. The summed E-state index contributed by atoms with van der Waals surface area (Å²) in [5, 5.41) is 14.0. The van der Waals surface area contributed by atoms with E-state index in [-0.39, 0.29) is 30.2 Å². The molecule has 0 spiro atoms. The van der Waals surface area contributed by atoms with Crippen molar-refractivity contribution in [3.05, 3.63) is 70.0 Å². The van der Waals surface area contributed by atoms with E-state index in [1.54, 1.807) is 28.9 Å². The predicted octanol–water partition coefficient (Wildman–Crippen LogP) is 3.25. The van der Waals surface area contributed by atoms with Crippen molar-refractivity contribution in [2.75, 3.05) is 6.54 Å². The minimum atomic E-state index is -0.262. The van der Waals surface area contributed by atoms with Crippen LogP contribution in [0, 0.1) is 0 Å². The van der Waals surface area contributed by atoms with Crippen LogP contribution in [-0.2, 0) is 6.61 Å². The molecule has 9 heteroatoms. The molecule has 4 rings (SSSR count). The summed E-state index contributed by atoms with van der Waals surface area (Å²) in [7, 11) is 0. The van der Waals surface area contributed by atoms with E-state index in [0.29, 0.717) is 29.2 Å². The molecule has 0 saturated heterocycles. The first-order valence-electron chi connectivity index (χ1n) is 10.1. The van der Waals surface area contributed by atoms with Crippen LogP contribution in [0.25, 0.3) is 5.69 Å². The second-order valence-corrected chi connectivity index (χ2v) is 8.11. The first-order valence-corrected chi connectivity index (χ1v) is 10.9. The highest BCUT2D eigenvalue weighted by molar-refractivity contribution is 9.10. The van der Waals surface area contributed by atoms with Crippen LogP contribution in [0.15, 0.2) is 53.0 Å². The molecule has 31 heavy (non-hydrogen) atoms. The minimum absolute atomic E-state index is 0.111. The maximum atomic E-state index is 12.7. The maximum absolute atomic E-state index is 12.7. The Morgan fingerprint density at radius 2 is 1.81 bits per heavy atom. The number of ether oxygens (including phenoxy) is 1. The fourth-order valence-electron chi connectivity index (χ4n) is 3.00. The number of nitrogens with one attached hydrogen (secondary N) is 2. The third kappa shape index (κ3) is 5.11. The monoisotopic (exact) mass is 483 g/mol. The summed E-state index contributed by atoms with van der Waals surface area (Å²) >= 11 is 3.40. The molecule has 160 valence electrons. The molecule has 1 heterocycles. The lowest BCUT2D eigenvalue weighted by Crippen LogP contribution is -2.27. The van der Waals surface area contributed by atoms with Gasteiger partial charge in [0.25, 0.3) is 11.8 Å². The van der Waals surface area contributed by atoms with Crippen molar-refractivity contribution in [2.24, 2.45) is 0 Å². The van der Waals surface area contributed by atoms with Crippen LogP contribution in [0.1, 0.15) is 46.3 Å². The Morgan fingerprint density at radius 3 is 2.45 bits per heavy atom. The second-order valence-electron chi connectivity index (χ2n) is 7.19. The fourth-order valence-corrected chi connectivity index (χ4v) is 3.26. The van der Waals surface area contributed by atoms with Gasteiger partial charge in [-0.25, -0.2) is 4.68 Å². The number of halogens is 1. The highest BCUT2D eigenvalue weighted by Crippen LogP contribution is 2.22. The van der Waals surface area contributed by atoms with E-state index >= 15 is 0 Å². The fraction of sp³-hybridized carbons (Fsp3) is 0.273. The Labute approximate surface area is 188 Å². The van der Waals surface area contributed by atoms with Crippen LogP contribution in [0.4, 0.5) is 0 Å². The second kappa shape index (κ2) is 9.30. The number of benzene rings is 2. The van der Waals surface area contributed by atoms with Crippen molar-refractivity contribution in [1.82, 2.24) is 25.6 Å². The van der Waals surface area contributed by atoms with Gasteiger partial charge < -0.3 is 15.4 Å². The van der Waals surface area contributed by atoms with Crippen molar-refractivity contribution in [1.29, 1.82) is 0 Å². The van der Waals surface area contributed by atoms with Gasteiger partial charge in [-0.1, -0.05) is 21.1 Å². The average molecular weight is 484 g/mol. The highest BCUT2D eigenvalue weighted by atomic mass is 79.9. The Hall–Kier alpha value is -3.20. The van der Waals surface area contributed by atoms with Gasteiger partial charge in [0.2, 0.25) is 0 Å². The van der Waals surface area contributed by atoms with E-state index in [4.69, 9.17) is 4.74 Å². The summed E-state index contributed by atoms with van der Waals surface area (Å²) in [6.07, 6.45) is 1.96. The molecule has 2 aromatic carbocycles. The Kier molecular flexibility index (Phi) is 6.31. The Morgan fingerprint density at radius 1 is 1.10 bits per heavy atom. The Bertz CT molecular complexity index is 1080. The summed E-state index contributed by atoms with van der Waals surface area (Å²) in [6.45, 7) is 2.54. The van der Waals surface area contributed by atoms with Crippen LogP contribution < -0.4 is 15.4 Å². The zero-order valence-electron chi connectivity index (χ0n) is 17.0. The summed E-state index contributed by atoms with van der Waals surface area (Å²) in [5.74, 6) is 0.258. The molecule has 0 aliphatic heterocycles. The number of hydrogen-bond acceptors (Lipinski definition) is 5. The van der Waals surface area contributed by atoms with Gasteiger partial charge in [0.05, 0.1) is 5.69 Å². The molecule has 1 aliphatic carbocycles. The number of carbonyl (C=O) groups excluding carboxylic acids is 2. The van der Waals surface area contributed by atoms with E-state index < -0.39 is 0 Å². The van der Waals surface area contributed by atoms with Gasteiger partial charge in [-0.05, 0) is 68.3 Å². The van der Waals surface area contributed by atoms with Crippen LogP contribution in [-0.4, -0.2) is 39.4 Å². The zero-order chi connectivity index (χ0) is 21.8. The maximum Gasteiger partial charge on any atom is 0.274 e. The number of carbonyl (C=O) groups is 2. The van der Waals surface area contributed by atoms with Gasteiger partial charge in [0.15, 0.2) is 5.69 Å². The average Bonchev–Trinajstić information content (AvgIpc) is 3.49. The minimum Gasteiger partial charge on any atom is -0.487 e. The molecule has 3 aromatic rings. The molecular weight excluding hydrogens is 462 g/mol. The van der Waals surface area contributed by atoms with E-state index in [1.165, 1.54) is 0 Å². The van der Waals surface area contributed by atoms with Crippen molar-refractivity contribution in [3.63, 3.8) is 0 Å². The van der Waals surface area contributed by atoms with E-state index in [0.717, 1.165) is 17.3 Å². The molecule has 2 N–H and O–H groups in total. The van der Waals surface area contributed by atoms with Crippen molar-refractivity contribution < 1.29 is 14.3 Å². The number of hydrogen-bond donors (Lipinski definition) is 2. The van der Waals surface area contributed by atoms with Gasteiger partial charge in [-0.15, -0.1) is 5.10 Å². The van der Waals surface area contributed by atoms with Gasteiger partial charge >= 0.3 is 0 Å². The third-order valence-electron chi connectivity index (χ3n) is 4.79. The lowest BCUT2D eigenvalue weighted by Gasteiger charge is -2.11. The summed E-state index contributed by atoms with van der Waals surface area (Å²) in [5.41, 5.74) is 1.99. The van der Waals surface area contributed by atoms with Crippen molar-refractivity contribution in [2.45, 2.75) is 32.4 Å². The summed E-state index contributed by atoms with van der Waals surface area (Å²) in [4.78, 5) is 24.7. The number of amides is 2. The quantitative estimate of drug-likeness (QED) is 0.512. The smallest absolute Gasteiger partial charge is 0.274 e. The summed E-state index contributed by atoms with van der Waals surface area (Å²) < 4.78 is 8.43. The van der Waals surface area contributed by atoms with Gasteiger partial charge in [0.1, 0.15) is 18.1 Å². The normalized spacial score (nSPS) is 13.0. The van der Waals surface area contributed by atoms with E-state index in [9.17, 15) is 9.59 Å². The molecule has 2 amide bonds. The van der Waals surface area contributed by atoms with Crippen molar-refractivity contribution >= 4 is 27.7 Å². The van der Waals surface area contributed by atoms with Crippen molar-refractivity contribution in [3.8, 4) is 11.4 Å². The van der Waals surface area contributed by atoms with E-state index in [1.807, 2.05) is 31.2 Å². The predicted molar refractivity (Wildman–Crippen MR) is 118 cm³/mol. The molecule has 0 unspecified atom stereocenters. The van der Waals surface area contributed by atoms with Gasteiger partial charge in [0, 0.05) is 22.6 Å². The van der Waals surface area contributed by atoms with E-state index in [2.05, 4.69) is 36.9 Å². The first-order chi connectivity index (χ1) is 15.0. The standard InChI is InChI=1S/C22H22BrN5O3/c1-2-24-21(29)14-3-9-17(10-4-14)28-19(13-31-18-11-5-15(23)6-12-18)20(26-27-28)22(30)25-16-7-8-16/h3-6,9-12,16H,2,7-8,13H2,1H3,(H,24,29)(H,25,30). The molecule has 0 bridgehead atoms. The molecule has 0 radical (unpaired) electrons. The van der Waals surface area contributed by atoms with Gasteiger partial charge in [-0.2, -0.15) is 0 Å². The highest BCUT2D eigenvalue weighted by Gasteiger charge is 2.28. The molecule has 1 fully saturated rings. The topological polar surface area (TPSA) is 98.1 Å². The lowest BCUT2D eigenvalue weighted by atomic mass is 10.2. The van der Waals surface area contributed by atoms with Crippen LogP contribution in [0.5, 0.6) is 5.75 Å². The third-order valence-corrected chi connectivity index (χ3v) is 5.32. The zero-order valence-corrected chi connectivity index (χ0v) is 18.6. The van der Waals surface area contributed by atoms with Gasteiger partial charge in [-0.3, -0.25) is 9.59 Å².